The molecule has 1 aromatic carbocycles. The van der Waals surface area contributed by atoms with Crippen LogP contribution in [0.3, 0.4) is 0 Å². The van der Waals surface area contributed by atoms with Crippen molar-refractivity contribution in [3.63, 3.8) is 0 Å². The van der Waals surface area contributed by atoms with E-state index in [-0.39, 0.29) is 47.4 Å². The lowest BCUT2D eigenvalue weighted by molar-refractivity contribution is -0.146. The molecule has 0 bridgehead atoms. The lowest BCUT2D eigenvalue weighted by Crippen LogP contribution is -2.46. The molecule has 0 atom stereocenters. The molecule has 2 rings (SSSR count). The van der Waals surface area contributed by atoms with Crippen LogP contribution in [0.5, 0.6) is 11.5 Å². The highest BCUT2D eigenvalue weighted by Crippen LogP contribution is 2.29. The third-order valence-electron chi connectivity index (χ3n) is 4.52. The van der Waals surface area contributed by atoms with Crippen molar-refractivity contribution in [3.8, 4) is 11.5 Å². The van der Waals surface area contributed by atoms with Crippen LogP contribution >= 0.6 is 24.0 Å². The number of hydrogen-bond acceptors (Lipinski definition) is 5. The summed E-state index contributed by atoms with van der Waals surface area (Å²) in [5.41, 5.74) is 0.719. The second-order valence-electron chi connectivity index (χ2n) is 6.32. The first kappa shape index (κ1) is 25.2. The lowest BCUT2D eigenvalue weighted by atomic mass is 9.97. The molecule has 1 fully saturated rings. The SMILES string of the molecule is CCNC(=NCc1ccc(OC)c(OC(F)F)c1)N1CCC(C(=O)OC)CC1.I. The largest absolute Gasteiger partial charge is 0.493 e. The molecule has 0 amide bonds. The Hall–Kier alpha value is -1.85. The summed E-state index contributed by atoms with van der Waals surface area (Å²) >= 11 is 0. The second kappa shape index (κ2) is 12.7. The molecule has 7 nitrogen and oxygen atoms in total. The minimum Gasteiger partial charge on any atom is -0.493 e. The summed E-state index contributed by atoms with van der Waals surface area (Å²) in [7, 11) is 2.80. The van der Waals surface area contributed by atoms with Gasteiger partial charge in [0, 0.05) is 19.6 Å². The maximum absolute atomic E-state index is 12.6. The van der Waals surface area contributed by atoms with Crippen LogP contribution in [-0.4, -0.2) is 57.3 Å². The van der Waals surface area contributed by atoms with E-state index in [9.17, 15) is 13.6 Å². The molecule has 0 radical (unpaired) electrons. The summed E-state index contributed by atoms with van der Waals surface area (Å²) in [4.78, 5) is 18.4. The molecule has 1 aliphatic rings. The first-order valence-corrected chi connectivity index (χ1v) is 9.21. The van der Waals surface area contributed by atoms with E-state index in [0.29, 0.717) is 39.0 Å². The topological polar surface area (TPSA) is 72.4 Å². The maximum Gasteiger partial charge on any atom is 0.387 e. The number of aliphatic imine (C=N–C) groups is 1. The molecule has 29 heavy (non-hydrogen) atoms. The number of carbonyl (C=O) groups excluding carboxylic acids is 1. The van der Waals surface area contributed by atoms with Crippen molar-refractivity contribution in [2.75, 3.05) is 33.9 Å². The van der Waals surface area contributed by atoms with E-state index in [0.717, 1.165) is 11.5 Å². The fourth-order valence-electron chi connectivity index (χ4n) is 3.09. The number of nitrogens with zero attached hydrogens (tertiary/aromatic N) is 2. The molecule has 0 unspecified atom stereocenters. The maximum atomic E-state index is 12.6. The van der Waals surface area contributed by atoms with Crippen LogP contribution in [0.25, 0.3) is 0 Å². The fourth-order valence-corrected chi connectivity index (χ4v) is 3.09. The van der Waals surface area contributed by atoms with E-state index in [4.69, 9.17) is 9.47 Å². The molecule has 1 aliphatic heterocycles. The third kappa shape index (κ3) is 7.48. The van der Waals surface area contributed by atoms with Gasteiger partial charge in [0.15, 0.2) is 17.5 Å². The van der Waals surface area contributed by atoms with Crippen LogP contribution in [0.1, 0.15) is 25.3 Å². The molecule has 0 aromatic heterocycles. The molecule has 10 heteroatoms. The highest BCUT2D eigenvalue weighted by Gasteiger charge is 2.27. The Labute approximate surface area is 186 Å². The number of esters is 1. The fraction of sp³-hybridized carbons (Fsp3) is 0.579. The van der Waals surface area contributed by atoms with E-state index in [1.807, 2.05) is 6.92 Å². The first-order valence-electron chi connectivity index (χ1n) is 9.21. The smallest absolute Gasteiger partial charge is 0.387 e. The Balaban J connectivity index is 0.00000420. The van der Waals surface area contributed by atoms with E-state index >= 15 is 0 Å². The predicted molar refractivity (Wildman–Crippen MR) is 116 cm³/mol. The van der Waals surface area contributed by atoms with Gasteiger partial charge in [0.05, 0.1) is 26.7 Å². The molecule has 1 N–H and O–H groups in total. The summed E-state index contributed by atoms with van der Waals surface area (Å²) in [5.74, 6) is 0.683. The molecular formula is C19H28F2IN3O4. The van der Waals surface area contributed by atoms with Gasteiger partial charge in [-0.15, -0.1) is 24.0 Å². The van der Waals surface area contributed by atoms with Gasteiger partial charge in [0.2, 0.25) is 0 Å². The highest BCUT2D eigenvalue weighted by molar-refractivity contribution is 14.0. The number of piperidine rings is 1. The van der Waals surface area contributed by atoms with Gasteiger partial charge in [-0.2, -0.15) is 8.78 Å². The molecule has 0 spiro atoms. The van der Waals surface area contributed by atoms with E-state index in [1.165, 1.54) is 20.3 Å². The van der Waals surface area contributed by atoms with Crippen molar-refractivity contribution < 1.29 is 27.8 Å². The molecule has 1 saturated heterocycles. The molecular weight excluding hydrogens is 499 g/mol. The van der Waals surface area contributed by atoms with Crippen LogP contribution in [0, 0.1) is 5.92 Å². The minimum atomic E-state index is -2.93. The van der Waals surface area contributed by atoms with Gasteiger partial charge in [-0.1, -0.05) is 6.07 Å². The van der Waals surface area contributed by atoms with Gasteiger partial charge in [-0.25, -0.2) is 4.99 Å². The van der Waals surface area contributed by atoms with Crippen LogP contribution in [0.2, 0.25) is 0 Å². The number of hydrogen-bond donors (Lipinski definition) is 1. The summed E-state index contributed by atoms with van der Waals surface area (Å²) in [6.07, 6.45) is 1.40. The number of halogens is 3. The average Bonchev–Trinajstić information content (AvgIpc) is 2.70. The Morgan fingerprint density at radius 2 is 1.97 bits per heavy atom. The first-order chi connectivity index (χ1) is 13.5. The number of alkyl halides is 2. The Morgan fingerprint density at radius 3 is 2.52 bits per heavy atom. The Morgan fingerprint density at radius 1 is 1.28 bits per heavy atom. The van der Waals surface area contributed by atoms with Crippen LogP contribution in [0.4, 0.5) is 8.78 Å². The number of ether oxygens (including phenoxy) is 3. The zero-order chi connectivity index (χ0) is 20.5. The Bertz CT molecular complexity index is 683. The van der Waals surface area contributed by atoms with E-state index < -0.39 is 6.61 Å². The number of likely N-dealkylation sites (tertiary alicyclic amines) is 1. The molecule has 1 aromatic rings. The monoisotopic (exact) mass is 527 g/mol. The van der Waals surface area contributed by atoms with Crippen molar-refractivity contribution in [3.05, 3.63) is 23.8 Å². The lowest BCUT2D eigenvalue weighted by Gasteiger charge is -2.33. The zero-order valence-corrected chi connectivity index (χ0v) is 19.2. The van der Waals surface area contributed by atoms with Crippen molar-refractivity contribution in [2.24, 2.45) is 10.9 Å². The van der Waals surface area contributed by atoms with Crippen LogP contribution in [-0.2, 0) is 16.1 Å². The number of guanidine groups is 1. The van der Waals surface area contributed by atoms with Crippen molar-refractivity contribution in [2.45, 2.75) is 32.9 Å². The summed E-state index contributed by atoms with van der Waals surface area (Å²) in [6, 6.07) is 4.84. The van der Waals surface area contributed by atoms with Gasteiger partial charge in [-0.3, -0.25) is 4.79 Å². The average molecular weight is 527 g/mol. The summed E-state index contributed by atoms with van der Waals surface area (Å²) in [5, 5.41) is 3.23. The molecule has 164 valence electrons. The third-order valence-corrected chi connectivity index (χ3v) is 4.52. The predicted octanol–water partition coefficient (Wildman–Crippen LogP) is 3.27. The normalized spacial score (nSPS) is 15.0. The van der Waals surface area contributed by atoms with E-state index in [1.54, 1.807) is 12.1 Å². The number of carbonyl (C=O) groups is 1. The van der Waals surface area contributed by atoms with Gasteiger partial charge in [-0.05, 0) is 37.5 Å². The van der Waals surface area contributed by atoms with E-state index in [2.05, 4.69) is 19.9 Å². The van der Waals surface area contributed by atoms with Gasteiger partial charge in [0.1, 0.15) is 0 Å². The van der Waals surface area contributed by atoms with Gasteiger partial charge in [0.25, 0.3) is 0 Å². The minimum absolute atomic E-state index is 0. The number of rotatable bonds is 7. The van der Waals surface area contributed by atoms with Crippen molar-refractivity contribution >= 4 is 35.9 Å². The van der Waals surface area contributed by atoms with Crippen LogP contribution < -0.4 is 14.8 Å². The highest BCUT2D eigenvalue weighted by atomic mass is 127. The zero-order valence-electron chi connectivity index (χ0n) is 16.8. The summed E-state index contributed by atoms with van der Waals surface area (Å²) < 4.78 is 39.5. The number of nitrogens with one attached hydrogen (secondary N) is 1. The number of benzene rings is 1. The summed E-state index contributed by atoms with van der Waals surface area (Å²) in [6.45, 7) is 1.41. The van der Waals surface area contributed by atoms with Crippen LogP contribution in [0.15, 0.2) is 23.2 Å². The van der Waals surface area contributed by atoms with Crippen molar-refractivity contribution in [1.29, 1.82) is 0 Å². The Kier molecular flexibility index (Phi) is 11.0. The van der Waals surface area contributed by atoms with Gasteiger partial charge < -0.3 is 24.4 Å². The molecule has 0 saturated carbocycles. The standard InChI is InChI=1S/C19H27F2N3O4.HI/c1-4-22-19(24-9-7-14(8-10-24)17(25)27-3)23-12-13-5-6-15(26-2)16(11-13)28-18(20)21;/h5-6,11,14,18H,4,7-10,12H2,1-3H3,(H,22,23);1H. The van der Waals surface area contributed by atoms with Crippen molar-refractivity contribution in [1.82, 2.24) is 10.2 Å². The molecule has 0 aliphatic carbocycles. The van der Waals surface area contributed by atoms with Gasteiger partial charge >= 0.3 is 12.6 Å². The quantitative estimate of drug-likeness (QED) is 0.254. The number of methoxy groups -OCH3 is 2. The second-order valence-corrected chi connectivity index (χ2v) is 6.32. The molecule has 1 heterocycles.